The number of phenolic OH excluding ortho intramolecular Hbond substituents is 1. The van der Waals surface area contributed by atoms with Crippen LogP contribution in [0.1, 0.15) is 30.0 Å². The van der Waals surface area contributed by atoms with Crippen molar-refractivity contribution in [2.24, 2.45) is 11.5 Å². The molecule has 1 aromatic rings. The van der Waals surface area contributed by atoms with Crippen molar-refractivity contribution in [3.05, 3.63) is 29.3 Å². The number of benzene rings is 1. The molecule has 0 spiro atoms. The average Bonchev–Trinajstić information content (AvgIpc) is 2.18. The third-order valence-electron chi connectivity index (χ3n) is 2.30. The number of hydrogen-bond acceptors (Lipinski definition) is 3. The molecule has 1 rings (SSSR count). The molecule has 1 aromatic carbocycles. The van der Waals surface area contributed by atoms with E-state index in [-0.39, 0.29) is 11.8 Å². The predicted octanol–water partition coefficient (Wildman–Crippen LogP) is 1.44. The first-order valence-corrected chi connectivity index (χ1v) is 4.90. The second-order valence-corrected chi connectivity index (χ2v) is 3.60. The zero-order chi connectivity index (χ0) is 10.6. The van der Waals surface area contributed by atoms with E-state index in [2.05, 4.69) is 0 Å². The van der Waals surface area contributed by atoms with Crippen molar-refractivity contribution in [1.82, 2.24) is 0 Å². The topological polar surface area (TPSA) is 72.3 Å². The fourth-order valence-corrected chi connectivity index (χ4v) is 1.46. The Balaban J connectivity index is 2.77. The van der Waals surface area contributed by atoms with Crippen molar-refractivity contribution in [2.45, 2.75) is 25.8 Å². The van der Waals surface area contributed by atoms with E-state index in [1.54, 1.807) is 6.07 Å². The third kappa shape index (κ3) is 2.72. The fraction of sp³-hybridized carbons (Fsp3) is 0.455. The van der Waals surface area contributed by atoms with Gasteiger partial charge in [-0.15, -0.1) is 0 Å². The number of aromatic hydroxyl groups is 1. The van der Waals surface area contributed by atoms with Gasteiger partial charge in [0.1, 0.15) is 5.75 Å². The Morgan fingerprint density at radius 2 is 2.14 bits per heavy atom. The molecule has 5 N–H and O–H groups in total. The molecule has 78 valence electrons. The normalized spacial score (nSPS) is 12.8. The Morgan fingerprint density at radius 3 is 2.79 bits per heavy atom. The van der Waals surface area contributed by atoms with Gasteiger partial charge in [0.25, 0.3) is 0 Å². The number of hydrogen-bond donors (Lipinski definition) is 3. The van der Waals surface area contributed by atoms with Crippen LogP contribution in [0.5, 0.6) is 5.75 Å². The Hall–Kier alpha value is -1.06. The first-order valence-electron chi connectivity index (χ1n) is 4.90. The van der Waals surface area contributed by atoms with Crippen LogP contribution >= 0.6 is 0 Å². The molecular formula is C11H18N2O. The molecule has 0 saturated carbocycles. The van der Waals surface area contributed by atoms with Crippen LogP contribution in [0.4, 0.5) is 0 Å². The molecule has 0 aromatic heterocycles. The molecule has 0 bridgehead atoms. The maximum absolute atomic E-state index is 9.59. The molecule has 0 amide bonds. The molecule has 1 atom stereocenters. The minimum absolute atomic E-state index is 0.113. The number of aryl methyl sites for hydroxylation is 1. The molecular weight excluding hydrogens is 176 g/mol. The second-order valence-electron chi connectivity index (χ2n) is 3.60. The quantitative estimate of drug-likeness (QED) is 0.679. The number of nitrogens with two attached hydrogens (primary N) is 2. The summed E-state index contributed by atoms with van der Waals surface area (Å²) in [4.78, 5) is 0. The summed E-state index contributed by atoms with van der Waals surface area (Å²) in [5.41, 5.74) is 13.3. The lowest BCUT2D eigenvalue weighted by Crippen LogP contribution is -2.12. The van der Waals surface area contributed by atoms with E-state index >= 15 is 0 Å². The maximum atomic E-state index is 9.59. The lowest BCUT2D eigenvalue weighted by atomic mass is 10.00. The first-order chi connectivity index (χ1) is 6.65. The monoisotopic (exact) mass is 194 g/mol. The van der Waals surface area contributed by atoms with Crippen molar-refractivity contribution in [3.63, 3.8) is 0 Å². The summed E-state index contributed by atoms with van der Waals surface area (Å²) in [6.45, 7) is 2.62. The summed E-state index contributed by atoms with van der Waals surface area (Å²) in [6, 6.07) is 5.37. The van der Waals surface area contributed by atoms with E-state index in [9.17, 15) is 5.11 Å². The Morgan fingerprint density at radius 1 is 1.43 bits per heavy atom. The minimum Gasteiger partial charge on any atom is -0.508 e. The number of phenols is 1. The van der Waals surface area contributed by atoms with Gasteiger partial charge >= 0.3 is 0 Å². The highest BCUT2D eigenvalue weighted by Gasteiger charge is 2.09. The van der Waals surface area contributed by atoms with Crippen LogP contribution in [-0.4, -0.2) is 11.7 Å². The zero-order valence-corrected chi connectivity index (χ0v) is 8.53. The van der Waals surface area contributed by atoms with Crippen LogP contribution in [0.25, 0.3) is 0 Å². The molecule has 0 heterocycles. The van der Waals surface area contributed by atoms with Gasteiger partial charge in [-0.3, -0.25) is 0 Å². The van der Waals surface area contributed by atoms with Gasteiger partial charge in [-0.25, -0.2) is 0 Å². The van der Waals surface area contributed by atoms with E-state index in [1.165, 1.54) is 0 Å². The van der Waals surface area contributed by atoms with Crippen molar-refractivity contribution < 1.29 is 5.11 Å². The highest BCUT2D eigenvalue weighted by Crippen LogP contribution is 2.26. The van der Waals surface area contributed by atoms with E-state index in [4.69, 9.17) is 11.5 Å². The molecule has 3 nitrogen and oxygen atoms in total. The van der Waals surface area contributed by atoms with Crippen molar-refractivity contribution in [1.29, 1.82) is 0 Å². The van der Waals surface area contributed by atoms with E-state index in [0.29, 0.717) is 6.54 Å². The SMILES string of the molecule is Cc1ccc(O)c([C@H](N)CCCN)c1. The van der Waals surface area contributed by atoms with Gasteiger partial charge in [-0.1, -0.05) is 17.7 Å². The average molecular weight is 194 g/mol. The Labute approximate surface area is 84.7 Å². The molecule has 0 saturated heterocycles. The summed E-state index contributed by atoms with van der Waals surface area (Å²) in [6.07, 6.45) is 1.70. The van der Waals surface area contributed by atoms with Gasteiger partial charge < -0.3 is 16.6 Å². The molecule has 0 fully saturated rings. The molecule has 0 aliphatic carbocycles. The van der Waals surface area contributed by atoms with E-state index in [0.717, 1.165) is 24.0 Å². The second kappa shape index (κ2) is 4.98. The Bertz CT molecular complexity index is 299. The van der Waals surface area contributed by atoms with Gasteiger partial charge in [-0.2, -0.15) is 0 Å². The van der Waals surface area contributed by atoms with Crippen LogP contribution < -0.4 is 11.5 Å². The maximum Gasteiger partial charge on any atom is 0.120 e. The number of rotatable bonds is 4. The van der Waals surface area contributed by atoms with Crippen LogP contribution in [0.2, 0.25) is 0 Å². The van der Waals surface area contributed by atoms with Crippen molar-refractivity contribution in [2.75, 3.05) is 6.54 Å². The van der Waals surface area contributed by atoms with Crippen molar-refractivity contribution >= 4 is 0 Å². The first kappa shape index (κ1) is 11.0. The molecule has 14 heavy (non-hydrogen) atoms. The molecule has 0 unspecified atom stereocenters. The smallest absolute Gasteiger partial charge is 0.120 e. The molecule has 0 aliphatic rings. The van der Waals surface area contributed by atoms with Crippen LogP contribution in [-0.2, 0) is 0 Å². The summed E-state index contributed by atoms with van der Waals surface area (Å²) in [7, 11) is 0. The lowest BCUT2D eigenvalue weighted by Gasteiger charge is -2.13. The van der Waals surface area contributed by atoms with E-state index < -0.39 is 0 Å². The van der Waals surface area contributed by atoms with Gasteiger partial charge in [0.15, 0.2) is 0 Å². The summed E-state index contributed by atoms with van der Waals surface area (Å²) in [5, 5.41) is 9.59. The van der Waals surface area contributed by atoms with Crippen LogP contribution in [0, 0.1) is 6.92 Å². The largest absolute Gasteiger partial charge is 0.508 e. The van der Waals surface area contributed by atoms with E-state index in [1.807, 2.05) is 19.1 Å². The standard InChI is InChI=1S/C11H18N2O/c1-8-4-5-11(14)9(7-8)10(13)3-2-6-12/h4-5,7,10,14H,2-3,6,12-13H2,1H3/t10-/m1/s1. The van der Waals surface area contributed by atoms with Crippen molar-refractivity contribution in [3.8, 4) is 5.75 Å². The highest BCUT2D eigenvalue weighted by atomic mass is 16.3. The van der Waals surface area contributed by atoms with Crippen LogP contribution in [0.3, 0.4) is 0 Å². The van der Waals surface area contributed by atoms with Gasteiger partial charge in [-0.05, 0) is 32.4 Å². The zero-order valence-electron chi connectivity index (χ0n) is 8.53. The minimum atomic E-state index is -0.113. The lowest BCUT2D eigenvalue weighted by molar-refractivity contribution is 0.457. The van der Waals surface area contributed by atoms with Gasteiger partial charge in [0.2, 0.25) is 0 Å². The summed E-state index contributed by atoms with van der Waals surface area (Å²) >= 11 is 0. The van der Waals surface area contributed by atoms with Gasteiger partial charge in [0, 0.05) is 11.6 Å². The third-order valence-corrected chi connectivity index (χ3v) is 2.30. The Kier molecular flexibility index (Phi) is 3.92. The summed E-state index contributed by atoms with van der Waals surface area (Å²) in [5.74, 6) is 0.278. The summed E-state index contributed by atoms with van der Waals surface area (Å²) < 4.78 is 0. The van der Waals surface area contributed by atoms with Crippen LogP contribution in [0.15, 0.2) is 18.2 Å². The molecule has 3 heteroatoms. The molecule has 0 aliphatic heterocycles. The molecule has 0 radical (unpaired) electrons. The van der Waals surface area contributed by atoms with Gasteiger partial charge in [0.05, 0.1) is 0 Å². The highest BCUT2D eigenvalue weighted by molar-refractivity contribution is 5.37. The predicted molar refractivity (Wildman–Crippen MR) is 58.1 cm³/mol. The fourth-order valence-electron chi connectivity index (χ4n) is 1.46.